The lowest BCUT2D eigenvalue weighted by Crippen LogP contribution is -2.60. The molecule has 3 saturated heterocycles. The zero-order chi connectivity index (χ0) is 20.8. The molecule has 3 aliphatic rings. The van der Waals surface area contributed by atoms with E-state index in [2.05, 4.69) is 0 Å². The van der Waals surface area contributed by atoms with Crippen LogP contribution in [0.4, 0.5) is 4.39 Å². The predicted octanol–water partition coefficient (Wildman–Crippen LogP) is 1.07. The number of carbonyl (C=O) groups is 2. The molecule has 0 unspecified atom stereocenters. The number of thioether (sulfide) groups is 2. The third-order valence-electron chi connectivity index (χ3n) is 5.52. The summed E-state index contributed by atoms with van der Waals surface area (Å²) < 4.78 is 39.9. The van der Waals surface area contributed by atoms with E-state index in [1.54, 1.807) is 33.3 Å². The molecule has 2 atom stereocenters. The first-order chi connectivity index (χ1) is 13.7. The van der Waals surface area contributed by atoms with Crippen molar-refractivity contribution in [2.75, 3.05) is 43.4 Å². The van der Waals surface area contributed by atoms with Crippen LogP contribution in [0.2, 0.25) is 0 Å². The molecule has 0 aromatic heterocycles. The highest BCUT2D eigenvalue weighted by molar-refractivity contribution is 8.04. The number of amides is 2. The summed E-state index contributed by atoms with van der Waals surface area (Å²) in [6.45, 7) is 2.89. The molecule has 3 aliphatic heterocycles. The van der Waals surface area contributed by atoms with Gasteiger partial charge >= 0.3 is 0 Å². The highest BCUT2D eigenvalue weighted by atomic mass is 32.2. The molecule has 0 radical (unpaired) electrons. The normalized spacial score (nSPS) is 28.5. The number of halogens is 1. The average molecular weight is 460 g/mol. The Morgan fingerprint density at radius 3 is 2.48 bits per heavy atom. The summed E-state index contributed by atoms with van der Waals surface area (Å²) in [6.07, 6.45) is 0. The van der Waals surface area contributed by atoms with Crippen LogP contribution < -0.4 is 0 Å². The minimum Gasteiger partial charge on any atom is -0.338 e. The van der Waals surface area contributed by atoms with E-state index in [-0.39, 0.29) is 47.8 Å². The summed E-state index contributed by atoms with van der Waals surface area (Å²) in [4.78, 5) is 28.6. The lowest BCUT2D eigenvalue weighted by atomic mass is 10.1. The van der Waals surface area contributed by atoms with E-state index in [9.17, 15) is 22.4 Å². The van der Waals surface area contributed by atoms with E-state index in [1.165, 1.54) is 16.4 Å². The molecule has 29 heavy (non-hydrogen) atoms. The van der Waals surface area contributed by atoms with Gasteiger partial charge in [0, 0.05) is 37.7 Å². The maximum atomic E-state index is 13.1. The number of benzene rings is 1. The maximum absolute atomic E-state index is 13.1. The number of nitrogens with zero attached hydrogens (tertiary/aromatic N) is 3. The fourth-order valence-corrected chi connectivity index (χ4v) is 8.09. The fourth-order valence-electron chi connectivity index (χ4n) is 3.98. The van der Waals surface area contributed by atoms with Gasteiger partial charge < -0.3 is 9.80 Å². The molecule has 1 aromatic rings. The van der Waals surface area contributed by atoms with Crippen LogP contribution in [0.25, 0.3) is 0 Å². The maximum Gasteiger partial charge on any atom is 0.246 e. The van der Waals surface area contributed by atoms with Gasteiger partial charge in [-0.3, -0.25) is 9.59 Å². The van der Waals surface area contributed by atoms with Crippen molar-refractivity contribution >= 4 is 45.4 Å². The first kappa shape index (κ1) is 21.0. The van der Waals surface area contributed by atoms with Crippen molar-refractivity contribution in [3.63, 3.8) is 0 Å². The van der Waals surface area contributed by atoms with Crippen LogP contribution in [-0.4, -0.2) is 88.7 Å². The Morgan fingerprint density at radius 1 is 1.17 bits per heavy atom. The van der Waals surface area contributed by atoms with Crippen LogP contribution in [0.3, 0.4) is 0 Å². The third-order valence-corrected chi connectivity index (χ3v) is 10.3. The Balaban J connectivity index is 1.42. The number of carbonyl (C=O) groups excluding carboxylic acids is 2. The number of hydrogen-bond acceptors (Lipinski definition) is 6. The van der Waals surface area contributed by atoms with Crippen molar-refractivity contribution < 1.29 is 22.4 Å². The molecular formula is C18H22FN3O4S3. The molecule has 158 valence electrons. The largest absolute Gasteiger partial charge is 0.338 e. The highest BCUT2D eigenvalue weighted by Crippen LogP contribution is 2.44. The molecule has 2 amide bonds. The van der Waals surface area contributed by atoms with Gasteiger partial charge in [-0.2, -0.15) is 4.31 Å². The first-order valence-corrected chi connectivity index (χ1v) is 12.9. The summed E-state index contributed by atoms with van der Waals surface area (Å²) in [5.74, 6) is 1.15. The molecule has 3 heterocycles. The van der Waals surface area contributed by atoms with Crippen molar-refractivity contribution in [2.45, 2.75) is 22.7 Å². The summed E-state index contributed by atoms with van der Waals surface area (Å²) in [5, 5.41) is 0. The van der Waals surface area contributed by atoms with Crippen molar-refractivity contribution in [2.24, 2.45) is 0 Å². The standard InChI is InChI=1S/C18H22FN3O4S3/c1-18-12-27-11-16(23)22(18)15(10-28-18)17(24)20-6-8-21(9-7-20)29(25,26)14-4-2-13(19)3-5-14/h2-5,15H,6-12H2,1H3/t15-,18+/m0/s1. The highest BCUT2D eigenvalue weighted by Gasteiger charge is 2.52. The smallest absolute Gasteiger partial charge is 0.246 e. The van der Waals surface area contributed by atoms with Crippen LogP contribution >= 0.6 is 23.5 Å². The Kier molecular flexibility index (Phi) is 5.60. The van der Waals surface area contributed by atoms with Gasteiger partial charge in [0.1, 0.15) is 11.9 Å². The van der Waals surface area contributed by atoms with Crippen molar-refractivity contribution in [3.05, 3.63) is 30.1 Å². The van der Waals surface area contributed by atoms with E-state index in [4.69, 9.17) is 0 Å². The van der Waals surface area contributed by atoms with Crippen molar-refractivity contribution in [1.82, 2.24) is 14.1 Å². The van der Waals surface area contributed by atoms with E-state index >= 15 is 0 Å². The van der Waals surface area contributed by atoms with Gasteiger partial charge in [-0.05, 0) is 31.2 Å². The minimum atomic E-state index is -3.73. The number of fused-ring (bicyclic) bond motifs is 1. The first-order valence-electron chi connectivity index (χ1n) is 9.31. The second kappa shape index (κ2) is 7.75. The molecule has 11 heteroatoms. The van der Waals surface area contributed by atoms with Gasteiger partial charge in [-0.1, -0.05) is 0 Å². The van der Waals surface area contributed by atoms with Crippen LogP contribution in [0.1, 0.15) is 6.92 Å². The van der Waals surface area contributed by atoms with Gasteiger partial charge in [0.15, 0.2) is 0 Å². The molecule has 4 rings (SSSR count). The average Bonchev–Trinajstić information content (AvgIpc) is 3.06. The Hall–Kier alpha value is -1.30. The SMILES string of the molecule is C[C@@]12CSCC(=O)N1[C@H](C(=O)N1CCN(S(=O)(=O)c3ccc(F)cc3)CC1)CS2. The summed E-state index contributed by atoms with van der Waals surface area (Å²) in [7, 11) is -3.73. The topological polar surface area (TPSA) is 78.0 Å². The second-order valence-electron chi connectivity index (χ2n) is 7.44. The van der Waals surface area contributed by atoms with Crippen LogP contribution in [0.15, 0.2) is 29.2 Å². The molecule has 0 N–H and O–H groups in total. The molecule has 0 saturated carbocycles. The zero-order valence-corrected chi connectivity index (χ0v) is 18.4. The molecule has 1 aromatic carbocycles. The van der Waals surface area contributed by atoms with E-state index in [0.29, 0.717) is 11.5 Å². The number of piperazine rings is 1. The zero-order valence-electron chi connectivity index (χ0n) is 15.9. The Morgan fingerprint density at radius 2 is 1.83 bits per heavy atom. The van der Waals surface area contributed by atoms with Gasteiger partial charge in [0.05, 0.1) is 15.5 Å². The van der Waals surface area contributed by atoms with Crippen molar-refractivity contribution in [1.29, 1.82) is 0 Å². The minimum absolute atomic E-state index is 0.00961. The number of rotatable bonds is 3. The molecule has 3 fully saturated rings. The Labute approximate surface area is 178 Å². The second-order valence-corrected chi connectivity index (χ2v) is 11.9. The molecule has 0 bridgehead atoms. The molecule has 0 aliphatic carbocycles. The van der Waals surface area contributed by atoms with E-state index in [1.807, 2.05) is 6.92 Å². The van der Waals surface area contributed by atoms with Gasteiger partial charge in [-0.15, -0.1) is 23.5 Å². The predicted molar refractivity (Wildman–Crippen MR) is 111 cm³/mol. The van der Waals surface area contributed by atoms with Crippen LogP contribution in [0, 0.1) is 5.82 Å². The monoisotopic (exact) mass is 459 g/mol. The fraction of sp³-hybridized carbons (Fsp3) is 0.556. The lowest BCUT2D eigenvalue weighted by molar-refractivity contribution is -0.146. The number of hydrogen-bond donors (Lipinski definition) is 0. The molecular weight excluding hydrogens is 437 g/mol. The summed E-state index contributed by atoms with van der Waals surface area (Å²) >= 11 is 3.23. The van der Waals surface area contributed by atoms with Crippen LogP contribution in [-0.2, 0) is 19.6 Å². The summed E-state index contributed by atoms with van der Waals surface area (Å²) in [5.41, 5.74) is 0. The van der Waals surface area contributed by atoms with Crippen LogP contribution in [0.5, 0.6) is 0 Å². The van der Waals surface area contributed by atoms with Gasteiger partial charge in [0.2, 0.25) is 21.8 Å². The quantitative estimate of drug-likeness (QED) is 0.673. The van der Waals surface area contributed by atoms with Crippen molar-refractivity contribution in [3.8, 4) is 0 Å². The molecule has 0 spiro atoms. The number of sulfonamides is 1. The Bertz CT molecular complexity index is 919. The van der Waals surface area contributed by atoms with E-state index in [0.717, 1.165) is 17.9 Å². The van der Waals surface area contributed by atoms with E-state index < -0.39 is 21.9 Å². The lowest BCUT2D eigenvalue weighted by Gasteiger charge is -2.42. The van der Waals surface area contributed by atoms with Gasteiger partial charge in [-0.25, -0.2) is 12.8 Å². The van der Waals surface area contributed by atoms with Gasteiger partial charge in [0.25, 0.3) is 0 Å². The molecule has 7 nitrogen and oxygen atoms in total. The summed E-state index contributed by atoms with van der Waals surface area (Å²) in [6, 6.07) is 4.25. The third kappa shape index (κ3) is 3.77.